The number of thiophene rings is 1. The number of carbonyl (C=O) groups excluding carboxylic acids is 1. The first-order chi connectivity index (χ1) is 12.4. The molecule has 3 rings (SSSR count). The van der Waals surface area contributed by atoms with Crippen molar-refractivity contribution < 1.29 is 13.2 Å². The average molecular weight is 388 g/mol. The van der Waals surface area contributed by atoms with Gasteiger partial charge in [-0.15, -0.1) is 11.3 Å². The van der Waals surface area contributed by atoms with Crippen molar-refractivity contribution in [3.05, 3.63) is 60.1 Å². The lowest BCUT2D eigenvalue weighted by atomic mass is 10.2. The van der Waals surface area contributed by atoms with Crippen LogP contribution >= 0.6 is 11.3 Å². The molecule has 0 spiro atoms. The number of anilines is 4. The molecule has 3 N–H and O–H groups in total. The van der Waals surface area contributed by atoms with Gasteiger partial charge in [0.25, 0.3) is 10.0 Å². The van der Waals surface area contributed by atoms with Gasteiger partial charge in [-0.05, 0) is 47.8 Å². The summed E-state index contributed by atoms with van der Waals surface area (Å²) >= 11 is 1.15. The highest BCUT2D eigenvalue weighted by Crippen LogP contribution is 2.22. The monoisotopic (exact) mass is 388 g/mol. The molecule has 26 heavy (non-hydrogen) atoms. The highest BCUT2D eigenvalue weighted by molar-refractivity contribution is 7.94. The first-order valence-electron chi connectivity index (χ1n) is 7.59. The van der Waals surface area contributed by atoms with Crippen molar-refractivity contribution in [1.82, 2.24) is 4.98 Å². The molecule has 1 amide bonds. The van der Waals surface area contributed by atoms with E-state index in [4.69, 9.17) is 0 Å². The lowest BCUT2D eigenvalue weighted by molar-refractivity contribution is -0.114. The maximum Gasteiger partial charge on any atom is 0.271 e. The molecular weight excluding hydrogens is 372 g/mol. The highest BCUT2D eigenvalue weighted by Gasteiger charge is 2.15. The number of pyridine rings is 1. The van der Waals surface area contributed by atoms with Gasteiger partial charge in [0.15, 0.2) is 0 Å². The number of rotatable bonds is 6. The number of hydrogen-bond donors (Lipinski definition) is 3. The summed E-state index contributed by atoms with van der Waals surface area (Å²) in [6.07, 6.45) is 1.44. The summed E-state index contributed by atoms with van der Waals surface area (Å²) < 4.78 is 27.1. The van der Waals surface area contributed by atoms with Crippen molar-refractivity contribution in [3.63, 3.8) is 0 Å². The largest absolute Gasteiger partial charge is 0.340 e. The number of hydrogen-bond acceptors (Lipinski definition) is 6. The maximum atomic E-state index is 12.2. The van der Waals surface area contributed by atoms with Crippen LogP contribution in [-0.4, -0.2) is 19.3 Å². The second kappa shape index (κ2) is 7.54. The molecule has 7 nitrogen and oxygen atoms in total. The number of benzene rings is 1. The number of nitrogens with one attached hydrogen (secondary N) is 3. The molecule has 2 heterocycles. The van der Waals surface area contributed by atoms with Gasteiger partial charge in [-0.1, -0.05) is 6.07 Å². The van der Waals surface area contributed by atoms with E-state index in [1.54, 1.807) is 53.9 Å². The van der Waals surface area contributed by atoms with Crippen molar-refractivity contribution in [2.45, 2.75) is 11.1 Å². The van der Waals surface area contributed by atoms with E-state index in [-0.39, 0.29) is 10.1 Å². The van der Waals surface area contributed by atoms with Crippen molar-refractivity contribution >= 4 is 50.1 Å². The molecule has 0 fully saturated rings. The van der Waals surface area contributed by atoms with E-state index in [1.807, 2.05) is 0 Å². The Morgan fingerprint density at radius 3 is 2.27 bits per heavy atom. The fourth-order valence-corrected chi connectivity index (χ4v) is 4.17. The maximum absolute atomic E-state index is 12.2. The van der Waals surface area contributed by atoms with Gasteiger partial charge in [-0.3, -0.25) is 9.52 Å². The van der Waals surface area contributed by atoms with Crippen molar-refractivity contribution in [2.24, 2.45) is 0 Å². The summed E-state index contributed by atoms with van der Waals surface area (Å²) in [7, 11) is -3.58. The number of sulfonamides is 1. The van der Waals surface area contributed by atoms with Gasteiger partial charge in [-0.25, -0.2) is 13.4 Å². The smallest absolute Gasteiger partial charge is 0.271 e. The van der Waals surface area contributed by atoms with E-state index in [1.165, 1.54) is 13.1 Å². The average Bonchev–Trinajstić information content (AvgIpc) is 3.13. The minimum absolute atomic E-state index is 0.132. The zero-order valence-electron chi connectivity index (χ0n) is 13.8. The Balaban J connectivity index is 1.65. The zero-order chi connectivity index (χ0) is 18.6. The fourth-order valence-electron chi connectivity index (χ4n) is 2.14. The third-order valence-corrected chi connectivity index (χ3v) is 6.03. The molecule has 2 aromatic heterocycles. The summed E-state index contributed by atoms with van der Waals surface area (Å²) in [6, 6.07) is 13.7. The molecule has 0 radical (unpaired) electrons. The normalized spacial score (nSPS) is 11.0. The van der Waals surface area contributed by atoms with Crippen LogP contribution in [0.3, 0.4) is 0 Å². The Kier molecular flexibility index (Phi) is 5.19. The zero-order valence-corrected chi connectivity index (χ0v) is 15.4. The number of aromatic nitrogens is 1. The van der Waals surface area contributed by atoms with E-state index in [0.29, 0.717) is 17.2 Å². The van der Waals surface area contributed by atoms with Crippen LogP contribution in [0.2, 0.25) is 0 Å². The summed E-state index contributed by atoms with van der Waals surface area (Å²) in [4.78, 5) is 15.2. The van der Waals surface area contributed by atoms with E-state index >= 15 is 0 Å². The SMILES string of the molecule is CC(=O)Nc1ccc(Nc2ccc(NS(=O)(=O)c3cccs3)cn2)cc1. The summed E-state index contributed by atoms with van der Waals surface area (Å²) in [6.45, 7) is 1.45. The minimum atomic E-state index is -3.58. The number of nitrogens with zero attached hydrogens (tertiary/aromatic N) is 1. The molecule has 3 aromatic rings. The molecular formula is C17H16N4O3S2. The van der Waals surface area contributed by atoms with E-state index < -0.39 is 10.0 Å². The Hall–Kier alpha value is -2.91. The molecule has 0 saturated heterocycles. The van der Waals surface area contributed by atoms with Crippen LogP contribution in [-0.2, 0) is 14.8 Å². The molecule has 1 aromatic carbocycles. The van der Waals surface area contributed by atoms with Crippen LogP contribution in [0, 0.1) is 0 Å². The Morgan fingerprint density at radius 1 is 1.00 bits per heavy atom. The van der Waals surface area contributed by atoms with Gasteiger partial charge in [-0.2, -0.15) is 0 Å². The van der Waals surface area contributed by atoms with E-state index in [9.17, 15) is 13.2 Å². The Bertz CT molecular complexity index is 984. The van der Waals surface area contributed by atoms with Crippen LogP contribution in [0.4, 0.5) is 22.9 Å². The number of amides is 1. The third kappa shape index (κ3) is 4.58. The summed E-state index contributed by atoms with van der Waals surface area (Å²) in [5.41, 5.74) is 1.87. The standard InChI is InChI=1S/C17H16N4O3S2/c1-12(22)19-13-4-6-14(7-5-13)20-16-9-8-15(11-18-16)21-26(23,24)17-3-2-10-25-17/h2-11,21H,1H3,(H,18,20)(H,19,22). The quantitative estimate of drug-likeness (QED) is 0.598. The topological polar surface area (TPSA) is 100 Å². The van der Waals surface area contributed by atoms with Crippen molar-refractivity contribution in [3.8, 4) is 0 Å². The molecule has 0 unspecified atom stereocenters. The molecule has 0 saturated carbocycles. The highest BCUT2D eigenvalue weighted by atomic mass is 32.2. The minimum Gasteiger partial charge on any atom is -0.340 e. The van der Waals surface area contributed by atoms with Crippen molar-refractivity contribution in [2.75, 3.05) is 15.4 Å². The predicted molar refractivity (Wildman–Crippen MR) is 103 cm³/mol. The van der Waals surface area contributed by atoms with Crippen LogP contribution in [0.15, 0.2) is 64.3 Å². The molecule has 0 aliphatic rings. The van der Waals surface area contributed by atoms with Gasteiger partial charge in [0, 0.05) is 18.3 Å². The summed E-state index contributed by atoms with van der Waals surface area (Å²) in [5, 5.41) is 7.50. The first kappa shape index (κ1) is 17.9. The van der Waals surface area contributed by atoms with E-state index in [2.05, 4.69) is 20.3 Å². The Labute approximate surface area is 155 Å². The van der Waals surface area contributed by atoms with E-state index in [0.717, 1.165) is 17.0 Å². The molecule has 0 bridgehead atoms. The van der Waals surface area contributed by atoms with Gasteiger partial charge < -0.3 is 10.6 Å². The molecule has 134 valence electrons. The molecule has 9 heteroatoms. The van der Waals surface area contributed by atoms with Crippen molar-refractivity contribution in [1.29, 1.82) is 0 Å². The van der Waals surface area contributed by atoms with Crippen LogP contribution < -0.4 is 15.4 Å². The van der Waals surface area contributed by atoms with Gasteiger partial charge in [0.2, 0.25) is 5.91 Å². The number of carbonyl (C=O) groups is 1. The van der Waals surface area contributed by atoms with Gasteiger partial charge >= 0.3 is 0 Å². The molecule has 0 aliphatic heterocycles. The second-order valence-corrected chi connectivity index (χ2v) is 8.21. The Morgan fingerprint density at radius 2 is 1.69 bits per heavy atom. The predicted octanol–water partition coefficient (Wildman–Crippen LogP) is 3.65. The van der Waals surface area contributed by atoms with Crippen LogP contribution in [0.1, 0.15) is 6.92 Å². The fraction of sp³-hybridized carbons (Fsp3) is 0.0588. The third-order valence-electron chi connectivity index (χ3n) is 3.25. The van der Waals surface area contributed by atoms with Gasteiger partial charge in [0.1, 0.15) is 10.0 Å². The van der Waals surface area contributed by atoms with Crippen LogP contribution in [0.5, 0.6) is 0 Å². The molecule has 0 aliphatic carbocycles. The summed E-state index contributed by atoms with van der Waals surface area (Å²) in [5.74, 6) is 0.435. The lowest BCUT2D eigenvalue weighted by Gasteiger charge is -2.09. The first-order valence-corrected chi connectivity index (χ1v) is 9.96. The van der Waals surface area contributed by atoms with Crippen LogP contribution in [0.25, 0.3) is 0 Å². The lowest BCUT2D eigenvalue weighted by Crippen LogP contribution is -2.11. The second-order valence-electron chi connectivity index (χ2n) is 5.35. The van der Waals surface area contributed by atoms with Gasteiger partial charge in [0.05, 0.1) is 11.9 Å². The molecule has 0 atom stereocenters.